The first kappa shape index (κ1) is 18.8. The lowest BCUT2D eigenvalue weighted by Gasteiger charge is -2.11. The summed E-state index contributed by atoms with van der Waals surface area (Å²) in [5.74, 6) is -0.250. The van der Waals surface area contributed by atoms with Crippen LogP contribution in [0.3, 0.4) is 0 Å². The highest BCUT2D eigenvalue weighted by molar-refractivity contribution is 7.89. The number of nitrogens with one attached hydrogen (secondary N) is 2. The van der Waals surface area contributed by atoms with Gasteiger partial charge in [-0.1, -0.05) is 0 Å². The Kier molecular flexibility index (Phi) is 7.13. The zero-order valence-electron chi connectivity index (χ0n) is 13.2. The van der Waals surface area contributed by atoms with E-state index in [1.54, 1.807) is 0 Å². The van der Waals surface area contributed by atoms with Gasteiger partial charge in [-0.05, 0) is 30.7 Å². The Labute approximate surface area is 141 Å². The highest BCUT2D eigenvalue weighted by Gasteiger charge is 2.19. The second-order valence-electron chi connectivity index (χ2n) is 5.29. The van der Waals surface area contributed by atoms with Crippen molar-refractivity contribution in [3.8, 4) is 0 Å². The minimum atomic E-state index is -3.66. The number of benzene rings is 1. The van der Waals surface area contributed by atoms with Crippen LogP contribution >= 0.6 is 0 Å². The van der Waals surface area contributed by atoms with Gasteiger partial charge in [-0.3, -0.25) is 4.79 Å². The maximum absolute atomic E-state index is 12.1. The summed E-state index contributed by atoms with van der Waals surface area (Å²) in [4.78, 5) is 12.1. The lowest BCUT2D eigenvalue weighted by molar-refractivity contribution is 0.0930. The minimum Gasteiger partial charge on any atom is -0.394 e. The van der Waals surface area contributed by atoms with Crippen molar-refractivity contribution in [1.29, 1.82) is 0 Å². The lowest BCUT2D eigenvalue weighted by Crippen LogP contribution is -2.35. The number of carbonyl (C=O) groups excluding carboxylic acids is 1. The summed E-state index contributed by atoms with van der Waals surface area (Å²) in [5, 5.41) is 11.4. The third-order valence-corrected chi connectivity index (χ3v) is 4.94. The topological polar surface area (TPSA) is 114 Å². The van der Waals surface area contributed by atoms with E-state index in [2.05, 4.69) is 10.0 Å². The molecular formula is C15H22N2O6S. The first-order valence-electron chi connectivity index (χ1n) is 7.70. The van der Waals surface area contributed by atoms with Gasteiger partial charge in [-0.25, -0.2) is 13.1 Å². The maximum atomic E-state index is 12.1. The quantitative estimate of drug-likeness (QED) is 0.513. The predicted molar refractivity (Wildman–Crippen MR) is 86.2 cm³/mol. The molecule has 1 fully saturated rings. The van der Waals surface area contributed by atoms with Crippen molar-refractivity contribution >= 4 is 15.9 Å². The second kappa shape index (κ2) is 9.09. The summed E-state index contributed by atoms with van der Waals surface area (Å²) in [7, 11) is -3.66. The van der Waals surface area contributed by atoms with Crippen molar-refractivity contribution in [2.24, 2.45) is 0 Å². The normalized spacial score (nSPS) is 17.8. The molecule has 0 radical (unpaired) electrons. The molecule has 0 aromatic heterocycles. The fraction of sp³-hybridized carbons (Fsp3) is 0.533. The number of aliphatic hydroxyl groups excluding tert-OH is 1. The molecule has 24 heavy (non-hydrogen) atoms. The van der Waals surface area contributed by atoms with Crippen molar-refractivity contribution in [1.82, 2.24) is 10.0 Å². The molecule has 3 N–H and O–H groups in total. The molecule has 1 aromatic carbocycles. The van der Waals surface area contributed by atoms with E-state index in [0.717, 1.165) is 6.42 Å². The van der Waals surface area contributed by atoms with E-state index in [-0.39, 0.29) is 43.2 Å². The van der Waals surface area contributed by atoms with Gasteiger partial charge in [-0.2, -0.15) is 0 Å². The molecule has 2 rings (SSSR count). The molecule has 1 atom stereocenters. The predicted octanol–water partition coefficient (Wildman–Crippen LogP) is -0.507. The number of carbonyl (C=O) groups is 1. The molecule has 0 saturated carbocycles. The van der Waals surface area contributed by atoms with Gasteiger partial charge in [0, 0.05) is 18.7 Å². The Balaban J connectivity index is 1.88. The van der Waals surface area contributed by atoms with Crippen molar-refractivity contribution in [3.05, 3.63) is 29.8 Å². The highest BCUT2D eigenvalue weighted by atomic mass is 32.2. The van der Waals surface area contributed by atoms with Gasteiger partial charge in [0.25, 0.3) is 5.91 Å². The third kappa shape index (κ3) is 5.53. The molecule has 0 spiro atoms. The number of ether oxygens (including phenoxy) is 2. The van der Waals surface area contributed by atoms with Crippen molar-refractivity contribution in [2.45, 2.75) is 17.4 Å². The number of aliphatic hydroxyl groups is 1. The van der Waals surface area contributed by atoms with Gasteiger partial charge in [0.05, 0.1) is 37.4 Å². The van der Waals surface area contributed by atoms with Crippen LogP contribution in [-0.2, 0) is 19.5 Å². The van der Waals surface area contributed by atoms with Crippen LogP contribution in [0.4, 0.5) is 0 Å². The van der Waals surface area contributed by atoms with Gasteiger partial charge in [-0.15, -0.1) is 0 Å². The molecule has 0 unspecified atom stereocenters. The van der Waals surface area contributed by atoms with Crippen LogP contribution in [0.1, 0.15) is 16.8 Å². The van der Waals surface area contributed by atoms with Crippen molar-refractivity contribution < 1.29 is 27.8 Å². The molecule has 1 aromatic rings. The molecule has 0 bridgehead atoms. The number of sulfonamides is 1. The van der Waals surface area contributed by atoms with Crippen molar-refractivity contribution in [2.75, 3.05) is 39.6 Å². The summed E-state index contributed by atoms with van der Waals surface area (Å²) in [5.41, 5.74) is 0.395. The van der Waals surface area contributed by atoms with E-state index in [1.807, 2.05) is 0 Å². The van der Waals surface area contributed by atoms with Crippen LogP contribution in [0.15, 0.2) is 29.2 Å². The second-order valence-corrected chi connectivity index (χ2v) is 7.06. The first-order valence-corrected chi connectivity index (χ1v) is 9.18. The monoisotopic (exact) mass is 358 g/mol. The van der Waals surface area contributed by atoms with E-state index in [9.17, 15) is 13.2 Å². The molecular weight excluding hydrogens is 336 g/mol. The average Bonchev–Trinajstić information content (AvgIpc) is 3.07. The molecule has 1 heterocycles. The molecule has 8 nitrogen and oxygen atoms in total. The summed E-state index contributed by atoms with van der Waals surface area (Å²) in [6, 6.07) is 5.72. The standard InChI is InChI=1S/C15H22N2O6S/c18-7-10-22-9-6-16-24(20,21)14-3-1-12(2-4-14)15(19)17-13-5-8-23-11-13/h1-4,13,16,18H,5-11H2,(H,17,19)/t13-/m1/s1. The van der Waals surface area contributed by atoms with Crippen LogP contribution in [-0.4, -0.2) is 65.1 Å². The molecule has 1 saturated heterocycles. The largest absolute Gasteiger partial charge is 0.394 e. The third-order valence-electron chi connectivity index (χ3n) is 3.47. The SMILES string of the molecule is O=C(N[C@@H]1CCOC1)c1ccc(S(=O)(=O)NCCOCCO)cc1. The summed E-state index contributed by atoms with van der Waals surface area (Å²) >= 11 is 0. The van der Waals surface area contributed by atoms with Gasteiger partial charge < -0.3 is 19.9 Å². The number of hydrogen-bond donors (Lipinski definition) is 3. The number of amides is 1. The maximum Gasteiger partial charge on any atom is 0.251 e. The number of rotatable bonds is 9. The lowest BCUT2D eigenvalue weighted by atomic mass is 10.2. The summed E-state index contributed by atoms with van der Waals surface area (Å²) in [6.07, 6.45) is 0.778. The van der Waals surface area contributed by atoms with E-state index in [4.69, 9.17) is 14.6 Å². The van der Waals surface area contributed by atoms with E-state index in [0.29, 0.717) is 18.8 Å². The van der Waals surface area contributed by atoms with Crippen LogP contribution in [0, 0.1) is 0 Å². The van der Waals surface area contributed by atoms with Crippen molar-refractivity contribution in [3.63, 3.8) is 0 Å². The van der Waals surface area contributed by atoms with Crippen LogP contribution in [0.25, 0.3) is 0 Å². The van der Waals surface area contributed by atoms with E-state index < -0.39 is 10.0 Å². The molecule has 0 aliphatic carbocycles. The zero-order valence-corrected chi connectivity index (χ0v) is 14.0. The molecule has 134 valence electrons. The Bertz CT molecular complexity index is 626. The summed E-state index contributed by atoms with van der Waals surface area (Å²) < 4.78 is 36.8. The number of hydrogen-bond acceptors (Lipinski definition) is 6. The Hall–Kier alpha value is -1.52. The smallest absolute Gasteiger partial charge is 0.251 e. The Morgan fingerprint density at radius 3 is 2.67 bits per heavy atom. The summed E-state index contributed by atoms with van der Waals surface area (Å²) in [6.45, 7) is 1.47. The zero-order chi connectivity index (χ0) is 17.4. The molecule has 9 heteroatoms. The highest BCUT2D eigenvalue weighted by Crippen LogP contribution is 2.11. The Morgan fingerprint density at radius 2 is 2.04 bits per heavy atom. The first-order chi connectivity index (χ1) is 11.5. The molecule has 1 aliphatic heterocycles. The Morgan fingerprint density at radius 1 is 1.29 bits per heavy atom. The van der Waals surface area contributed by atoms with E-state index in [1.165, 1.54) is 24.3 Å². The van der Waals surface area contributed by atoms with Gasteiger partial charge in [0.15, 0.2) is 0 Å². The molecule has 1 aliphatic rings. The molecule has 1 amide bonds. The van der Waals surface area contributed by atoms with Gasteiger partial charge in [0.1, 0.15) is 0 Å². The fourth-order valence-electron chi connectivity index (χ4n) is 2.20. The average molecular weight is 358 g/mol. The fourth-order valence-corrected chi connectivity index (χ4v) is 3.21. The van der Waals surface area contributed by atoms with Gasteiger partial charge in [0.2, 0.25) is 10.0 Å². The van der Waals surface area contributed by atoms with Gasteiger partial charge >= 0.3 is 0 Å². The minimum absolute atomic E-state index is 0.00139. The van der Waals surface area contributed by atoms with Crippen LogP contribution in [0.2, 0.25) is 0 Å². The van der Waals surface area contributed by atoms with Crippen LogP contribution in [0.5, 0.6) is 0 Å². The van der Waals surface area contributed by atoms with E-state index >= 15 is 0 Å². The van der Waals surface area contributed by atoms with Crippen LogP contribution < -0.4 is 10.0 Å².